The predicted octanol–water partition coefficient (Wildman–Crippen LogP) is 2.47. The van der Waals surface area contributed by atoms with Crippen molar-refractivity contribution in [2.24, 2.45) is 5.92 Å². The van der Waals surface area contributed by atoms with Gasteiger partial charge in [-0.2, -0.15) is 0 Å². The molecule has 1 unspecified atom stereocenters. The number of ether oxygens (including phenoxy) is 1. The molecule has 1 aromatic rings. The lowest BCUT2D eigenvalue weighted by atomic mass is 9.89. The summed E-state index contributed by atoms with van der Waals surface area (Å²) in [7, 11) is 2.04. The Bertz CT molecular complexity index is 348. The van der Waals surface area contributed by atoms with Gasteiger partial charge in [0, 0.05) is 31.1 Å². The SMILES string of the molecule is CNC(CC1CCOCC1)c1ccnc(C)c1. The van der Waals surface area contributed by atoms with Crippen LogP contribution in [-0.4, -0.2) is 25.2 Å². The zero-order valence-corrected chi connectivity index (χ0v) is 10.8. The van der Waals surface area contributed by atoms with Gasteiger partial charge in [0.2, 0.25) is 0 Å². The minimum atomic E-state index is 0.444. The summed E-state index contributed by atoms with van der Waals surface area (Å²) in [6.07, 6.45) is 5.49. The third-order valence-corrected chi connectivity index (χ3v) is 3.58. The fourth-order valence-electron chi connectivity index (χ4n) is 2.52. The average molecular weight is 234 g/mol. The lowest BCUT2D eigenvalue weighted by Crippen LogP contribution is -2.24. The van der Waals surface area contributed by atoms with Gasteiger partial charge in [-0.15, -0.1) is 0 Å². The van der Waals surface area contributed by atoms with Crippen molar-refractivity contribution in [1.82, 2.24) is 10.3 Å². The molecule has 0 radical (unpaired) electrons. The Morgan fingerprint density at radius 2 is 2.24 bits per heavy atom. The molecule has 1 N–H and O–H groups in total. The lowest BCUT2D eigenvalue weighted by molar-refractivity contribution is 0.0608. The topological polar surface area (TPSA) is 34.1 Å². The molecule has 1 fully saturated rings. The maximum Gasteiger partial charge on any atom is 0.0468 e. The van der Waals surface area contributed by atoms with Crippen LogP contribution in [0.5, 0.6) is 0 Å². The van der Waals surface area contributed by atoms with Crippen molar-refractivity contribution in [3.8, 4) is 0 Å². The Hall–Kier alpha value is -0.930. The van der Waals surface area contributed by atoms with E-state index in [1.807, 2.05) is 20.2 Å². The van der Waals surface area contributed by atoms with Gasteiger partial charge in [-0.1, -0.05) is 0 Å². The number of nitrogens with one attached hydrogen (secondary N) is 1. The molecule has 2 rings (SSSR count). The zero-order valence-electron chi connectivity index (χ0n) is 10.8. The van der Waals surface area contributed by atoms with E-state index < -0.39 is 0 Å². The van der Waals surface area contributed by atoms with Crippen LogP contribution in [0, 0.1) is 12.8 Å². The van der Waals surface area contributed by atoms with Crippen LogP contribution >= 0.6 is 0 Å². The van der Waals surface area contributed by atoms with Crippen molar-refractivity contribution >= 4 is 0 Å². The number of nitrogens with zero attached hydrogens (tertiary/aromatic N) is 1. The average Bonchev–Trinajstić information content (AvgIpc) is 2.37. The van der Waals surface area contributed by atoms with Crippen molar-refractivity contribution in [3.05, 3.63) is 29.6 Å². The fraction of sp³-hybridized carbons (Fsp3) is 0.643. The molecule has 1 atom stereocenters. The molecular formula is C14H22N2O. The van der Waals surface area contributed by atoms with Gasteiger partial charge in [-0.3, -0.25) is 4.98 Å². The normalized spacial score (nSPS) is 19.2. The van der Waals surface area contributed by atoms with E-state index in [1.165, 1.54) is 24.8 Å². The maximum atomic E-state index is 5.41. The van der Waals surface area contributed by atoms with Crippen molar-refractivity contribution < 1.29 is 4.74 Å². The highest BCUT2D eigenvalue weighted by molar-refractivity contribution is 5.19. The second kappa shape index (κ2) is 6.12. The Morgan fingerprint density at radius 1 is 1.47 bits per heavy atom. The minimum absolute atomic E-state index is 0.444. The first-order valence-corrected chi connectivity index (χ1v) is 6.47. The third-order valence-electron chi connectivity index (χ3n) is 3.58. The highest BCUT2D eigenvalue weighted by atomic mass is 16.5. The van der Waals surface area contributed by atoms with E-state index in [4.69, 9.17) is 4.74 Å². The van der Waals surface area contributed by atoms with Crippen molar-refractivity contribution in [2.75, 3.05) is 20.3 Å². The summed E-state index contributed by atoms with van der Waals surface area (Å²) in [5.41, 5.74) is 2.45. The number of pyridine rings is 1. The van der Waals surface area contributed by atoms with Crippen LogP contribution in [0.4, 0.5) is 0 Å². The molecule has 0 aliphatic carbocycles. The summed E-state index contributed by atoms with van der Waals surface area (Å²) in [5.74, 6) is 0.787. The number of hydrogen-bond acceptors (Lipinski definition) is 3. The lowest BCUT2D eigenvalue weighted by Gasteiger charge is -2.26. The predicted molar refractivity (Wildman–Crippen MR) is 68.9 cm³/mol. The molecule has 0 saturated carbocycles. The summed E-state index contributed by atoms with van der Waals surface area (Å²) in [6.45, 7) is 3.90. The maximum absolute atomic E-state index is 5.41. The fourth-order valence-corrected chi connectivity index (χ4v) is 2.52. The quantitative estimate of drug-likeness (QED) is 0.869. The molecule has 3 heteroatoms. The molecule has 0 bridgehead atoms. The van der Waals surface area contributed by atoms with Gasteiger partial charge in [0.05, 0.1) is 0 Å². The smallest absolute Gasteiger partial charge is 0.0468 e. The molecule has 94 valence electrons. The van der Waals surface area contributed by atoms with Crippen LogP contribution in [0.3, 0.4) is 0 Å². The molecule has 0 aromatic carbocycles. The summed E-state index contributed by atoms with van der Waals surface area (Å²) in [5, 5.41) is 3.42. The number of hydrogen-bond donors (Lipinski definition) is 1. The molecule has 17 heavy (non-hydrogen) atoms. The van der Waals surface area contributed by atoms with E-state index in [1.54, 1.807) is 0 Å². The first-order chi connectivity index (χ1) is 8.29. The molecule has 0 amide bonds. The molecule has 1 saturated heterocycles. The first kappa shape index (κ1) is 12.5. The van der Waals surface area contributed by atoms with Crippen LogP contribution < -0.4 is 5.32 Å². The van der Waals surface area contributed by atoms with Crippen LogP contribution in [0.25, 0.3) is 0 Å². The molecule has 1 aliphatic heterocycles. The van der Waals surface area contributed by atoms with Crippen LogP contribution in [0.1, 0.15) is 36.6 Å². The van der Waals surface area contributed by atoms with Crippen LogP contribution in [-0.2, 0) is 4.74 Å². The van der Waals surface area contributed by atoms with Crippen molar-refractivity contribution in [2.45, 2.75) is 32.2 Å². The van der Waals surface area contributed by atoms with Crippen LogP contribution in [0.15, 0.2) is 18.3 Å². The van der Waals surface area contributed by atoms with Crippen LogP contribution in [0.2, 0.25) is 0 Å². The zero-order chi connectivity index (χ0) is 12.1. The molecular weight excluding hydrogens is 212 g/mol. The second-order valence-corrected chi connectivity index (χ2v) is 4.86. The van der Waals surface area contributed by atoms with E-state index in [9.17, 15) is 0 Å². The third kappa shape index (κ3) is 3.51. The van der Waals surface area contributed by atoms with Crippen molar-refractivity contribution in [3.63, 3.8) is 0 Å². The highest BCUT2D eigenvalue weighted by Crippen LogP contribution is 2.27. The van der Waals surface area contributed by atoms with Gasteiger partial charge in [0.25, 0.3) is 0 Å². The standard InChI is InChI=1S/C14H22N2O/c1-11-9-13(3-6-16-11)14(15-2)10-12-4-7-17-8-5-12/h3,6,9,12,14-15H,4-5,7-8,10H2,1-2H3. The minimum Gasteiger partial charge on any atom is -0.381 e. The Labute approximate surface area is 104 Å². The monoisotopic (exact) mass is 234 g/mol. The molecule has 3 nitrogen and oxygen atoms in total. The molecule has 1 aliphatic rings. The van der Waals surface area contributed by atoms with E-state index in [0.29, 0.717) is 6.04 Å². The highest BCUT2D eigenvalue weighted by Gasteiger charge is 2.19. The Balaban J connectivity index is 2.00. The number of rotatable bonds is 4. The van der Waals surface area contributed by atoms with Gasteiger partial charge in [-0.05, 0) is 56.8 Å². The second-order valence-electron chi connectivity index (χ2n) is 4.86. The number of aromatic nitrogens is 1. The van der Waals surface area contributed by atoms with Gasteiger partial charge in [-0.25, -0.2) is 0 Å². The van der Waals surface area contributed by atoms with E-state index >= 15 is 0 Å². The Morgan fingerprint density at radius 3 is 2.88 bits per heavy atom. The molecule has 0 spiro atoms. The summed E-state index contributed by atoms with van der Waals surface area (Å²) < 4.78 is 5.41. The molecule has 1 aromatic heterocycles. The van der Waals surface area contributed by atoms with E-state index in [2.05, 4.69) is 22.4 Å². The number of aryl methyl sites for hydroxylation is 1. The first-order valence-electron chi connectivity index (χ1n) is 6.47. The van der Waals surface area contributed by atoms with Gasteiger partial charge >= 0.3 is 0 Å². The molecule has 2 heterocycles. The van der Waals surface area contributed by atoms with Gasteiger partial charge < -0.3 is 10.1 Å². The van der Waals surface area contributed by atoms with Gasteiger partial charge in [0.15, 0.2) is 0 Å². The summed E-state index contributed by atoms with van der Waals surface area (Å²) in [6, 6.07) is 4.74. The summed E-state index contributed by atoms with van der Waals surface area (Å²) >= 11 is 0. The Kier molecular flexibility index (Phi) is 4.51. The van der Waals surface area contributed by atoms with Crippen molar-refractivity contribution in [1.29, 1.82) is 0 Å². The summed E-state index contributed by atoms with van der Waals surface area (Å²) in [4.78, 5) is 4.26. The van der Waals surface area contributed by atoms with E-state index in [0.717, 1.165) is 24.8 Å². The van der Waals surface area contributed by atoms with Gasteiger partial charge in [0.1, 0.15) is 0 Å². The largest absolute Gasteiger partial charge is 0.381 e. The van der Waals surface area contributed by atoms with E-state index in [-0.39, 0.29) is 0 Å².